The third-order valence-electron chi connectivity index (χ3n) is 1.80. The maximum atomic E-state index is 11.3. The first-order valence-electron chi connectivity index (χ1n) is 5.35. The Morgan fingerprint density at radius 2 is 2.06 bits per heavy atom. The second-order valence-electron chi connectivity index (χ2n) is 3.42. The van der Waals surface area contributed by atoms with Crippen LogP contribution in [0.15, 0.2) is 0 Å². The Morgan fingerprint density at radius 1 is 1.39 bits per heavy atom. The summed E-state index contributed by atoms with van der Waals surface area (Å²) in [6.45, 7) is 0.806. The van der Waals surface area contributed by atoms with Crippen molar-refractivity contribution < 1.29 is 24.2 Å². The molecule has 0 aromatic heterocycles. The van der Waals surface area contributed by atoms with Gasteiger partial charge in [0, 0.05) is 0 Å². The van der Waals surface area contributed by atoms with Gasteiger partial charge < -0.3 is 15.2 Å². The number of nitrogens with one attached hydrogen (secondary N) is 2. The molecule has 0 aliphatic rings. The van der Waals surface area contributed by atoms with Crippen molar-refractivity contribution in [2.45, 2.75) is 25.8 Å². The van der Waals surface area contributed by atoms with Crippen LogP contribution >= 0.6 is 0 Å². The van der Waals surface area contributed by atoms with Crippen LogP contribution in [-0.2, 0) is 14.3 Å². The van der Waals surface area contributed by atoms with Crippen molar-refractivity contribution in [3.05, 3.63) is 0 Å². The predicted octanol–water partition coefficient (Wildman–Crippen LogP) is -0.285. The van der Waals surface area contributed by atoms with Gasteiger partial charge in [0.1, 0.15) is 13.2 Å². The van der Waals surface area contributed by atoms with Gasteiger partial charge >= 0.3 is 12.0 Å². The predicted molar refractivity (Wildman–Crippen MR) is 62.7 cm³/mol. The molecule has 0 aliphatic heterocycles. The monoisotopic (exact) mass is 256 g/mol. The van der Waals surface area contributed by atoms with Gasteiger partial charge in [-0.25, -0.2) is 9.59 Å². The van der Waals surface area contributed by atoms with E-state index >= 15 is 0 Å². The number of carboxylic acid groups (broad SMARTS) is 1. The minimum Gasteiger partial charge on any atom is -0.480 e. The molecule has 0 radical (unpaired) electrons. The van der Waals surface area contributed by atoms with Crippen LogP contribution in [0.25, 0.3) is 0 Å². The summed E-state index contributed by atoms with van der Waals surface area (Å²) in [6, 6.07) is -1.17. The van der Waals surface area contributed by atoms with Crippen LogP contribution in [0.1, 0.15) is 19.8 Å². The van der Waals surface area contributed by atoms with Crippen LogP contribution in [0, 0.1) is 12.3 Å². The van der Waals surface area contributed by atoms with E-state index in [2.05, 4.69) is 16.0 Å². The molecule has 0 fully saturated rings. The summed E-state index contributed by atoms with van der Waals surface area (Å²) in [4.78, 5) is 32.5. The highest BCUT2D eigenvalue weighted by Gasteiger charge is 2.12. The number of terminal acetylenes is 1. The molecule has 0 bridgehead atoms. The summed E-state index contributed by atoms with van der Waals surface area (Å²) in [5.41, 5.74) is 0. The Kier molecular flexibility index (Phi) is 7.98. The Hall–Kier alpha value is -2.07. The second-order valence-corrected chi connectivity index (χ2v) is 3.42. The Bertz CT molecular complexity index is 348. The van der Waals surface area contributed by atoms with Gasteiger partial charge in [-0.15, -0.1) is 6.42 Å². The Labute approximate surface area is 105 Å². The number of carbonyl (C=O) groups is 3. The number of carbonyl (C=O) groups excluding carboxylic acids is 2. The normalized spacial score (nSPS) is 11.1. The molecule has 7 nitrogen and oxygen atoms in total. The van der Waals surface area contributed by atoms with Crippen LogP contribution in [0.4, 0.5) is 4.79 Å². The fourth-order valence-electron chi connectivity index (χ4n) is 1.07. The lowest BCUT2D eigenvalue weighted by Gasteiger charge is -2.12. The van der Waals surface area contributed by atoms with Crippen molar-refractivity contribution in [3.63, 3.8) is 0 Å². The van der Waals surface area contributed by atoms with Crippen molar-refractivity contribution in [2.24, 2.45) is 0 Å². The maximum Gasteiger partial charge on any atom is 0.329 e. The van der Waals surface area contributed by atoms with Gasteiger partial charge in [-0.05, 0) is 6.42 Å². The number of amides is 3. The molecular weight excluding hydrogens is 240 g/mol. The smallest absolute Gasteiger partial charge is 0.329 e. The molecule has 100 valence electrons. The van der Waals surface area contributed by atoms with Crippen LogP contribution < -0.4 is 10.6 Å². The zero-order valence-corrected chi connectivity index (χ0v) is 10.1. The lowest BCUT2D eigenvalue weighted by atomic mass is 10.2. The standard InChI is InChI=1S/C11H16N2O5/c1-3-5-8(4-2)12-11(17)13-9(14)6-18-7-10(15)16/h2,8H,3,5-7H2,1H3,(H,15,16)(H2,12,13,14,17). The molecule has 7 heteroatoms. The molecule has 18 heavy (non-hydrogen) atoms. The van der Waals surface area contributed by atoms with E-state index < -0.39 is 37.2 Å². The minimum atomic E-state index is -1.19. The summed E-state index contributed by atoms with van der Waals surface area (Å²) in [6.07, 6.45) is 6.59. The molecule has 0 saturated heterocycles. The molecule has 3 N–H and O–H groups in total. The number of urea groups is 1. The molecule has 1 unspecified atom stereocenters. The highest BCUT2D eigenvalue weighted by Crippen LogP contribution is 1.94. The van der Waals surface area contributed by atoms with E-state index in [4.69, 9.17) is 11.5 Å². The van der Waals surface area contributed by atoms with Crippen molar-refractivity contribution in [2.75, 3.05) is 13.2 Å². The molecule has 0 aromatic carbocycles. The molecule has 0 saturated carbocycles. The topological polar surface area (TPSA) is 105 Å². The van der Waals surface area contributed by atoms with Crippen LogP contribution in [0.3, 0.4) is 0 Å². The van der Waals surface area contributed by atoms with Crippen LogP contribution in [-0.4, -0.2) is 42.3 Å². The molecule has 0 heterocycles. The van der Waals surface area contributed by atoms with E-state index in [0.29, 0.717) is 6.42 Å². The Morgan fingerprint density at radius 3 is 2.56 bits per heavy atom. The number of carboxylic acids is 1. The number of hydrogen-bond acceptors (Lipinski definition) is 4. The average Bonchev–Trinajstić information content (AvgIpc) is 2.27. The summed E-state index contributed by atoms with van der Waals surface area (Å²) < 4.78 is 4.50. The SMILES string of the molecule is C#CC(CCC)NC(=O)NC(=O)COCC(=O)O. The molecular formula is C11H16N2O5. The van der Waals surface area contributed by atoms with Crippen molar-refractivity contribution >= 4 is 17.9 Å². The highest BCUT2D eigenvalue weighted by atomic mass is 16.5. The van der Waals surface area contributed by atoms with Gasteiger partial charge in [0.25, 0.3) is 5.91 Å². The van der Waals surface area contributed by atoms with Crippen molar-refractivity contribution in [3.8, 4) is 12.3 Å². The molecule has 0 rings (SSSR count). The quantitative estimate of drug-likeness (QED) is 0.543. The van der Waals surface area contributed by atoms with E-state index in [1.165, 1.54) is 0 Å². The summed E-state index contributed by atoms with van der Waals surface area (Å²) in [7, 11) is 0. The number of hydrogen-bond donors (Lipinski definition) is 3. The summed E-state index contributed by atoms with van der Waals surface area (Å²) in [5.74, 6) is 0.446. The molecule has 0 aliphatic carbocycles. The number of aliphatic carboxylic acids is 1. The Balaban J connectivity index is 3.90. The largest absolute Gasteiger partial charge is 0.480 e. The number of rotatable bonds is 7. The first-order valence-corrected chi connectivity index (χ1v) is 5.35. The van der Waals surface area contributed by atoms with Gasteiger partial charge in [0.05, 0.1) is 6.04 Å². The van der Waals surface area contributed by atoms with Crippen molar-refractivity contribution in [1.29, 1.82) is 0 Å². The van der Waals surface area contributed by atoms with E-state index in [-0.39, 0.29) is 0 Å². The zero-order chi connectivity index (χ0) is 14.0. The summed E-state index contributed by atoms with van der Waals surface area (Å²) in [5, 5.41) is 12.7. The van der Waals surface area contributed by atoms with E-state index in [1.54, 1.807) is 0 Å². The first kappa shape index (κ1) is 15.9. The fourth-order valence-corrected chi connectivity index (χ4v) is 1.07. The van der Waals surface area contributed by atoms with E-state index in [1.807, 2.05) is 12.2 Å². The van der Waals surface area contributed by atoms with Gasteiger partial charge in [0.15, 0.2) is 0 Å². The lowest BCUT2D eigenvalue weighted by Crippen LogP contribution is -2.45. The molecule has 0 aromatic rings. The van der Waals surface area contributed by atoms with E-state index in [9.17, 15) is 14.4 Å². The number of imide groups is 1. The third kappa shape index (κ3) is 8.13. The fraction of sp³-hybridized carbons (Fsp3) is 0.545. The summed E-state index contributed by atoms with van der Waals surface area (Å²) >= 11 is 0. The average molecular weight is 256 g/mol. The molecule has 3 amide bonds. The highest BCUT2D eigenvalue weighted by molar-refractivity contribution is 5.95. The molecule has 0 spiro atoms. The van der Waals surface area contributed by atoms with E-state index in [0.717, 1.165) is 6.42 Å². The second kappa shape index (κ2) is 9.01. The number of ether oxygens (including phenoxy) is 1. The lowest BCUT2D eigenvalue weighted by molar-refractivity contribution is -0.143. The van der Waals surface area contributed by atoms with Gasteiger partial charge in [-0.2, -0.15) is 0 Å². The van der Waals surface area contributed by atoms with Crippen LogP contribution in [0.2, 0.25) is 0 Å². The van der Waals surface area contributed by atoms with Gasteiger partial charge in [0.2, 0.25) is 0 Å². The van der Waals surface area contributed by atoms with Gasteiger partial charge in [-0.3, -0.25) is 10.1 Å². The first-order chi connectivity index (χ1) is 8.49. The van der Waals surface area contributed by atoms with Crippen molar-refractivity contribution in [1.82, 2.24) is 10.6 Å². The van der Waals surface area contributed by atoms with Crippen LogP contribution in [0.5, 0.6) is 0 Å². The third-order valence-corrected chi connectivity index (χ3v) is 1.80. The minimum absolute atomic E-state index is 0.442. The maximum absolute atomic E-state index is 11.3. The zero-order valence-electron chi connectivity index (χ0n) is 10.1. The molecule has 1 atom stereocenters. The van der Waals surface area contributed by atoms with Gasteiger partial charge in [-0.1, -0.05) is 19.3 Å².